The van der Waals surface area contributed by atoms with Crippen molar-refractivity contribution in [3.63, 3.8) is 0 Å². The van der Waals surface area contributed by atoms with Crippen molar-refractivity contribution >= 4 is 17.4 Å². The summed E-state index contributed by atoms with van der Waals surface area (Å²) in [6.45, 7) is 7.53. The molecule has 0 aliphatic carbocycles. The molecule has 5 nitrogen and oxygen atoms in total. The highest BCUT2D eigenvalue weighted by Gasteiger charge is 2.31. The van der Waals surface area contributed by atoms with Gasteiger partial charge in [0.2, 0.25) is 0 Å². The van der Waals surface area contributed by atoms with E-state index in [1.54, 1.807) is 23.1 Å². The van der Waals surface area contributed by atoms with E-state index in [0.29, 0.717) is 13.1 Å². The van der Waals surface area contributed by atoms with Crippen LogP contribution in [0.15, 0.2) is 48.7 Å². The lowest BCUT2D eigenvalue weighted by atomic mass is 9.93. The van der Waals surface area contributed by atoms with E-state index in [2.05, 4.69) is 30.5 Å². The van der Waals surface area contributed by atoms with Crippen LogP contribution in [0.2, 0.25) is 0 Å². The third-order valence-corrected chi connectivity index (χ3v) is 5.25. The predicted molar refractivity (Wildman–Crippen MR) is 113 cm³/mol. The molecule has 0 saturated carbocycles. The lowest BCUT2D eigenvalue weighted by molar-refractivity contribution is 0.0701. The van der Waals surface area contributed by atoms with E-state index in [1.807, 2.05) is 24.4 Å². The summed E-state index contributed by atoms with van der Waals surface area (Å²) in [6, 6.07) is 12.1. The van der Waals surface area contributed by atoms with Gasteiger partial charge in [0.15, 0.2) is 0 Å². The molecule has 0 spiro atoms. The van der Waals surface area contributed by atoms with Crippen molar-refractivity contribution < 1.29 is 9.18 Å². The zero-order chi connectivity index (χ0) is 20.6. The molecular formula is C23H27FN4O. The van der Waals surface area contributed by atoms with E-state index in [0.717, 1.165) is 30.0 Å². The molecule has 1 amide bonds. The maximum atomic E-state index is 14.1. The number of carbonyl (C=O) groups is 1. The van der Waals surface area contributed by atoms with E-state index in [4.69, 9.17) is 4.98 Å². The van der Waals surface area contributed by atoms with Crippen LogP contribution in [-0.4, -0.2) is 38.8 Å². The SMILES string of the molecule is CC(C)(C)Nc1c([C@H]2CCCN(C(=O)c3ccccc3F)C2)nc2ccccn12. The smallest absolute Gasteiger partial charge is 0.256 e. The number of carbonyl (C=O) groups excluding carboxylic acids is 1. The number of nitrogens with zero attached hydrogens (tertiary/aromatic N) is 3. The zero-order valence-corrected chi connectivity index (χ0v) is 17.2. The second kappa shape index (κ2) is 7.50. The number of halogens is 1. The maximum absolute atomic E-state index is 14.1. The van der Waals surface area contributed by atoms with Crippen molar-refractivity contribution in [2.75, 3.05) is 18.4 Å². The lowest BCUT2D eigenvalue weighted by Gasteiger charge is -2.33. The van der Waals surface area contributed by atoms with E-state index in [1.165, 1.54) is 6.07 Å². The second-order valence-corrected chi connectivity index (χ2v) is 8.72. The molecule has 3 heterocycles. The van der Waals surface area contributed by atoms with Gasteiger partial charge >= 0.3 is 0 Å². The molecule has 29 heavy (non-hydrogen) atoms. The van der Waals surface area contributed by atoms with Crippen LogP contribution in [0.4, 0.5) is 10.2 Å². The topological polar surface area (TPSA) is 49.6 Å². The molecule has 152 valence electrons. The normalized spacial score (nSPS) is 17.5. The first-order valence-electron chi connectivity index (χ1n) is 10.1. The number of imidazole rings is 1. The number of hydrogen-bond donors (Lipinski definition) is 1. The number of benzene rings is 1. The molecule has 0 radical (unpaired) electrons. The van der Waals surface area contributed by atoms with Crippen molar-refractivity contribution in [3.05, 3.63) is 65.7 Å². The van der Waals surface area contributed by atoms with E-state index < -0.39 is 5.82 Å². The Kier molecular flexibility index (Phi) is 5.03. The van der Waals surface area contributed by atoms with Crippen LogP contribution in [-0.2, 0) is 0 Å². The highest BCUT2D eigenvalue weighted by Crippen LogP contribution is 2.34. The maximum Gasteiger partial charge on any atom is 0.256 e. The van der Waals surface area contributed by atoms with Gasteiger partial charge in [0.05, 0.1) is 11.3 Å². The minimum Gasteiger partial charge on any atom is -0.365 e. The summed E-state index contributed by atoms with van der Waals surface area (Å²) in [7, 11) is 0. The monoisotopic (exact) mass is 394 g/mol. The molecule has 1 atom stereocenters. The molecule has 1 fully saturated rings. The first kappa shape index (κ1) is 19.4. The Morgan fingerprint density at radius 1 is 1.17 bits per heavy atom. The van der Waals surface area contributed by atoms with Gasteiger partial charge in [-0.1, -0.05) is 18.2 Å². The largest absolute Gasteiger partial charge is 0.365 e. The van der Waals surface area contributed by atoms with Gasteiger partial charge in [0.1, 0.15) is 17.3 Å². The van der Waals surface area contributed by atoms with Gasteiger partial charge in [-0.15, -0.1) is 0 Å². The minimum absolute atomic E-state index is 0.101. The fourth-order valence-electron chi connectivity index (χ4n) is 3.97. The number of nitrogens with one attached hydrogen (secondary N) is 1. The van der Waals surface area contributed by atoms with Crippen LogP contribution in [0, 0.1) is 5.82 Å². The molecule has 0 bridgehead atoms. The van der Waals surface area contributed by atoms with Crippen LogP contribution in [0.1, 0.15) is 55.6 Å². The van der Waals surface area contributed by atoms with E-state index in [-0.39, 0.29) is 22.9 Å². The Bertz CT molecular complexity index is 1040. The van der Waals surface area contributed by atoms with Crippen molar-refractivity contribution in [1.29, 1.82) is 0 Å². The van der Waals surface area contributed by atoms with E-state index >= 15 is 0 Å². The highest BCUT2D eigenvalue weighted by atomic mass is 19.1. The number of pyridine rings is 1. The molecule has 1 aliphatic rings. The summed E-state index contributed by atoms with van der Waals surface area (Å²) in [5, 5.41) is 3.59. The fraction of sp³-hybridized carbons (Fsp3) is 0.391. The molecule has 1 N–H and O–H groups in total. The molecule has 3 aromatic rings. The van der Waals surface area contributed by atoms with Crippen LogP contribution >= 0.6 is 0 Å². The number of anilines is 1. The average molecular weight is 394 g/mol. The van der Waals surface area contributed by atoms with Gasteiger partial charge in [-0.3, -0.25) is 9.20 Å². The molecule has 1 saturated heterocycles. The Balaban J connectivity index is 1.66. The van der Waals surface area contributed by atoms with Crippen LogP contribution in [0.25, 0.3) is 5.65 Å². The lowest BCUT2D eigenvalue weighted by Crippen LogP contribution is -2.40. The predicted octanol–water partition coefficient (Wildman–Crippen LogP) is 4.70. The molecule has 0 unspecified atom stereocenters. The zero-order valence-electron chi connectivity index (χ0n) is 17.2. The summed E-state index contributed by atoms with van der Waals surface area (Å²) in [5.41, 5.74) is 1.86. The minimum atomic E-state index is -0.470. The standard InChI is InChI=1S/C23H27FN4O/c1-23(2,3)26-21-20(25-19-12-6-7-14-28(19)21)16-9-8-13-27(15-16)22(29)17-10-4-5-11-18(17)24/h4-7,10-12,14,16,26H,8-9,13,15H2,1-3H3/t16-/m0/s1. The number of amides is 1. The molecule has 6 heteroatoms. The second-order valence-electron chi connectivity index (χ2n) is 8.72. The van der Waals surface area contributed by atoms with Crippen LogP contribution < -0.4 is 5.32 Å². The van der Waals surface area contributed by atoms with Crippen LogP contribution in [0.5, 0.6) is 0 Å². The molecule has 1 aromatic carbocycles. The summed E-state index contributed by atoms with van der Waals surface area (Å²) < 4.78 is 16.2. The number of likely N-dealkylation sites (tertiary alicyclic amines) is 1. The van der Waals surface area contributed by atoms with Crippen molar-refractivity contribution in [2.45, 2.75) is 45.1 Å². The van der Waals surface area contributed by atoms with Crippen LogP contribution in [0.3, 0.4) is 0 Å². The Morgan fingerprint density at radius 3 is 2.69 bits per heavy atom. The van der Waals surface area contributed by atoms with Crippen molar-refractivity contribution in [3.8, 4) is 0 Å². The number of fused-ring (bicyclic) bond motifs is 1. The first-order valence-corrected chi connectivity index (χ1v) is 10.1. The van der Waals surface area contributed by atoms with Crippen molar-refractivity contribution in [1.82, 2.24) is 14.3 Å². The summed E-state index contributed by atoms with van der Waals surface area (Å²) in [5.74, 6) is 0.354. The van der Waals surface area contributed by atoms with Gasteiger partial charge in [-0.05, 0) is 57.9 Å². The summed E-state index contributed by atoms with van der Waals surface area (Å²) in [6.07, 6.45) is 3.82. The average Bonchev–Trinajstić information content (AvgIpc) is 3.05. The van der Waals surface area contributed by atoms with Gasteiger partial charge in [-0.2, -0.15) is 0 Å². The Labute approximate surface area is 170 Å². The number of aromatic nitrogens is 2. The molecule has 4 rings (SSSR count). The van der Waals surface area contributed by atoms with Gasteiger partial charge in [0, 0.05) is 30.7 Å². The summed E-state index contributed by atoms with van der Waals surface area (Å²) in [4.78, 5) is 19.6. The molecule has 1 aliphatic heterocycles. The van der Waals surface area contributed by atoms with Gasteiger partial charge in [0.25, 0.3) is 5.91 Å². The summed E-state index contributed by atoms with van der Waals surface area (Å²) >= 11 is 0. The Hall–Kier alpha value is -2.89. The van der Waals surface area contributed by atoms with Gasteiger partial charge < -0.3 is 10.2 Å². The fourth-order valence-corrected chi connectivity index (χ4v) is 3.97. The third kappa shape index (κ3) is 3.97. The highest BCUT2D eigenvalue weighted by molar-refractivity contribution is 5.94. The quantitative estimate of drug-likeness (QED) is 0.700. The Morgan fingerprint density at radius 2 is 1.93 bits per heavy atom. The molecule has 2 aromatic heterocycles. The number of rotatable bonds is 3. The first-order chi connectivity index (χ1) is 13.8. The number of piperidine rings is 1. The third-order valence-electron chi connectivity index (χ3n) is 5.25. The van der Waals surface area contributed by atoms with Crippen molar-refractivity contribution in [2.24, 2.45) is 0 Å². The number of hydrogen-bond acceptors (Lipinski definition) is 3. The molecular weight excluding hydrogens is 367 g/mol. The van der Waals surface area contributed by atoms with E-state index in [9.17, 15) is 9.18 Å². The van der Waals surface area contributed by atoms with Gasteiger partial charge in [-0.25, -0.2) is 9.37 Å².